The summed E-state index contributed by atoms with van der Waals surface area (Å²) in [4.78, 5) is 10.3. The van der Waals surface area contributed by atoms with E-state index in [1.165, 1.54) is 19.2 Å². The fourth-order valence-electron chi connectivity index (χ4n) is 1.99. The Labute approximate surface area is 121 Å². The fourth-order valence-corrected chi connectivity index (χ4v) is 1.99. The lowest BCUT2D eigenvalue weighted by Crippen LogP contribution is -2.01. The van der Waals surface area contributed by atoms with Gasteiger partial charge in [0, 0.05) is 23.9 Å². The summed E-state index contributed by atoms with van der Waals surface area (Å²) in [5.74, 6) is -0.221. The standard InChI is InChI=1S/C15H15FN2O3/c1-10-7-12(4-5-14(10)18(19)20)17-9-11-3-6-15(21-2)13(16)8-11/h3-8,17H,9H2,1-2H3. The van der Waals surface area contributed by atoms with Crippen molar-refractivity contribution in [2.45, 2.75) is 13.5 Å². The van der Waals surface area contributed by atoms with E-state index in [0.29, 0.717) is 12.1 Å². The first-order valence-electron chi connectivity index (χ1n) is 6.32. The van der Waals surface area contributed by atoms with E-state index in [0.717, 1.165) is 11.3 Å². The molecule has 1 N–H and O–H groups in total. The molecule has 0 atom stereocenters. The molecule has 0 unspecified atom stereocenters. The number of nitrogens with one attached hydrogen (secondary N) is 1. The molecule has 2 aromatic rings. The molecule has 0 aliphatic heterocycles. The van der Waals surface area contributed by atoms with Crippen LogP contribution in [0.3, 0.4) is 0 Å². The highest BCUT2D eigenvalue weighted by molar-refractivity contribution is 5.53. The molecule has 2 rings (SSSR count). The van der Waals surface area contributed by atoms with Crippen LogP contribution in [0.1, 0.15) is 11.1 Å². The van der Waals surface area contributed by atoms with E-state index in [-0.39, 0.29) is 11.4 Å². The molecule has 0 aromatic heterocycles. The first kappa shape index (κ1) is 14.8. The molecule has 0 saturated heterocycles. The Kier molecular flexibility index (Phi) is 4.37. The number of nitro groups is 1. The van der Waals surface area contributed by atoms with Crippen molar-refractivity contribution in [3.05, 3.63) is 63.5 Å². The van der Waals surface area contributed by atoms with E-state index >= 15 is 0 Å². The van der Waals surface area contributed by atoms with Crippen molar-refractivity contribution in [2.75, 3.05) is 12.4 Å². The van der Waals surface area contributed by atoms with Crippen LogP contribution < -0.4 is 10.1 Å². The molecule has 0 aliphatic carbocycles. The number of anilines is 1. The van der Waals surface area contributed by atoms with Gasteiger partial charge in [0.2, 0.25) is 0 Å². The second kappa shape index (κ2) is 6.21. The van der Waals surface area contributed by atoms with E-state index in [2.05, 4.69) is 5.32 Å². The summed E-state index contributed by atoms with van der Waals surface area (Å²) >= 11 is 0. The van der Waals surface area contributed by atoms with Crippen molar-refractivity contribution < 1.29 is 14.1 Å². The van der Waals surface area contributed by atoms with Crippen LogP contribution in [0.2, 0.25) is 0 Å². The Balaban J connectivity index is 2.08. The summed E-state index contributed by atoms with van der Waals surface area (Å²) in [7, 11) is 1.41. The normalized spacial score (nSPS) is 10.2. The summed E-state index contributed by atoms with van der Waals surface area (Å²) in [6.07, 6.45) is 0. The second-order valence-corrected chi connectivity index (χ2v) is 4.58. The Morgan fingerprint density at radius 3 is 2.62 bits per heavy atom. The molecule has 0 saturated carbocycles. The maximum absolute atomic E-state index is 13.6. The number of nitro benzene ring substituents is 1. The first-order valence-corrected chi connectivity index (χ1v) is 6.32. The van der Waals surface area contributed by atoms with Gasteiger partial charge < -0.3 is 10.1 Å². The van der Waals surface area contributed by atoms with Crippen LogP contribution in [0.15, 0.2) is 36.4 Å². The van der Waals surface area contributed by atoms with Crippen LogP contribution in [-0.2, 0) is 6.54 Å². The van der Waals surface area contributed by atoms with Crippen molar-refractivity contribution in [3.63, 3.8) is 0 Å². The van der Waals surface area contributed by atoms with Gasteiger partial charge in [-0.1, -0.05) is 6.07 Å². The van der Waals surface area contributed by atoms with Crippen molar-refractivity contribution in [3.8, 4) is 5.75 Å². The Morgan fingerprint density at radius 2 is 2.05 bits per heavy atom. The zero-order valence-electron chi connectivity index (χ0n) is 11.7. The van der Waals surface area contributed by atoms with Gasteiger partial charge >= 0.3 is 0 Å². The van der Waals surface area contributed by atoms with Gasteiger partial charge in [-0.15, -0.1) is 0 Å². The van der Waals surface area contributed by atoms with Gasteiger partial charge in [0.05, 0.1) is 12.0 Å². The lowest BCUT2D eigenvalue weighted by atomic mass is 10.1. The largest absolute Gasteiger partial charge is 0.494 e. The molecule has 0 heterocycles. The highest BCUT2D eigenvalue weighted by atomic mass is 19.1. The minimum Gasteiger partial charge on any atom is -0.494 e. The van der Waals surface area contributed by atoms with E-state index in [1.807, 2.05) is 0 Å². The summed E-state index contributed by atoms with van der Waals surface area (Å²) in [5.41, 5.74) is 2.15. The Hall–Kier alpha value is -2.63. The monoisotopic (exact) mass is 290 g/mol. The van der Waals surface area contributed by atoms with E-state index in [4.69, 9.17) is 4.74 Å². The number of nitrogens with zero attached hydrogens (tertiary/aromatic N) is 1. The molecule has 0 aliphatic rings. The van der Waals surface area contributed by atoms with Crippen LogP contribution >= 0.6 is 0 Å². The molecule has 5 nitrogen and oxygen atoms in total. The average Bonchev–Trinajstić information content (AvgIpc) is 2.45. The predicted molar refractivity (Wildman–Crippen MR) is 78.1 cm³/mol. The second-order valence-electron chi connectivity index (χ2n) is 4.58. The Bertz CT molecular complexity index is 674. The number of methoxy groups -OCH3 is 1. The number of ether oxygens (including phenoxy) is 1. The van der Waals surface area contributed by atoms with Crippen molar-refractivity contribution in [1.29, 1.82) is 0 Å². The minimum absolute atomic E-state index is 0.0797. The molecule has 0 radical (unpaired) electrons. The van der Waals surface area contributed by atoms with Crippen LogP contribution in [0, 0.1) is 22.9 Å². The molecular weight excluding hydrogens is 275 g/mol. The molecular formula is C15H15FN2O3. The maximum Gasteiger partial charge on any atom is 0.272 e. The number of hydrogen-bond donors (Lipinski definition) is 1. The number of halogens is 1. The third kappa shape index (κ3) is 3.47. The SMILES string of the molecule is COc1ccc(CNc2ccc([N+](=O)[O-])c(C)c2)cc1F. The third-order valence-corrected chi connectivity index (χ3v) is 3.11. The molecule has 0 spiro atoms. The van der Waals surface area contributed by atoms with Gasteiger partial charge in [-0.25, -0.2) is 4.39 Å². The van der Waals surface area contributed by atoms with Gasteiger partial charge in [-0.3, -0.25) is 10.1 Å². The number of benzene rings is 2. The van der Waals surface area contributed by atoms with Gasteiger partial charge in [-0.2, -0.15) is 0 Å². The van der Waals surface area contributed by atoms with E-state index in [9.17, 15) is 14.5 Å². The third-order valence-electron chi connectivity index (χ3n) is 3.11. The lowest BCUT2D eigenvalue weighted by Gasteiger charge is -2.09. The van der Waals surface area contributed by atoms with Crippen LogP contribution in [0.4, 0.5) is 15.8 Å². The highest BCUT2D eigenvalue weighted by Crippen LogP contribution is 2.23. The van der Waals surface area contributed by atoms with Crippen molar-refractivity contribution in [1.82, 2.24) is 0 Å². The van der Waals surface area contributed by atoms with Gasteiger partial charge in [0.15, 0.2) is 11.6 Å². The first-order chi connectivity index (χ1) is 10.0. The number of rotatable bonds is 5. The summed E-state index contributed by atoms with van der Waals surface area (Å²) in [6, 6.07) is 9.49. The molecule has 21 heavy (non-hydrogen) atoms. The van der Waals surface area contributed by atoms with Gasteiger partial charge in [0.25, 0.3) is 5.69 Å². The zero-order chi connectivity index (χ0) is 15.4. The fraction of sp³-hybridized carbons (Fsp3) is 0.200. The van der Waals surface area contributed by atoms with Crippen LogP contribution in [0.5, 0.6) is 5.75 Å². The summed E-state index contributed by atoms with van der Waals surface area (Å²) in [6.45, 7) is 2.09. The smallest absolute Gasteiger partial charge is 0.272 e. The number of hydrogen-bond acceptors (Lipinski definition) is 4. The van der Waals surface area contributed by atoms with Crippen LogP contribution in [-0.4, -0.2) is 12.0 Å². The average molecular weight is 290 g/mol. The van der Waals surface area contributed by atoms with Gasteiger partial charge in [-0.05, 0) is 36.8 Å². The molecule has 0 fully saturated rings. The van der Waals surface area contributed by atoms with E-state index in [1.54, 1.807) is 31.2 Å². The quantitative estimate of drug-likeness (QED) is 0.674. The molecule has 110 valence electrons. The lowest BCUT2D eigenvalue weighted by molar-refractivity contribution is -0.385. The predicted octanol–water partition coefficient (Wildman–Crippen LogP) is 3.66. The summed E-state index contributed by atoms with van der Waals surface area (Å²) < 4.78 is 18.4. The van der Waals surface area contributed by atoms with Crippen molar-refractivity contribution >= 4 is 11.4 Å². The maximum atomic E-state index is 13.6. The Morgan fingerprint density at radius 1 is 1.29 bits per heavy atom. The van der Waals surface area contributed by atoms with Gasteiger partial charge in [0.1, 0.15) is 0 Å². The minimum atomic E-state index is -0.420. The molecule has 6 heteroatoms. The van der Waals surface area contributed by atoms with Crippen LogP contribution in [0.25, 0.3) is 0 Å². The topological polar surface area (TPSA) is 64.4 Å². The molecule has 0 bridgehead atoms. The van der Waals surface area contributed by atoms with Crippen molar-refractivity contribution in [2.24, 2.45) is 0 Å². The summed E-state index contributed by atoms with van der Waals surface area (Å²) in [5, 5.41) is 13.8. The highest BCUT2D eigenvalue weighted by Gasteiger charge is 2.10. The van der Waals surface area contributed by atoms with E-state index < -0.39 is 10.7 Å². The number of aryl methyl sites for hydroxylation is 1. The molecule has 0 amide bonds. The zero-order valence-corrected chi connectivity index (χ0v) is 11.7. The molecule has 2 aromatic carbocycles.